The molecule has 0 saturated carbocycles. The van der Waals surface area contributed by atoms with Crippen LogP contribution in [0.3, 0.4) is 0 Å². The minimum absolute atomic E-state index is 0.449. The number of benzene rings is 1. The molecule has 2 N–H and O–H groups in total. The van der Waals surface area contributed by atoms with E-state index in [0.29, 0.717) is 6.54 Å². The average molecular weight is 251 g/mol. The normalized spacial score (nSPS) is 11.1. The van der Waals surface area contributed by atoms with Gasteiger partial charge in [-0.1, -0.05) is 29.8 Å². The molecule has 0 fully saturated rings. The van der Waals surface area contributed by atoms with Crippen LogP contribution in [0.1, 0.15) is 17.0 Å². The summed E-state index contributed by atoms with van der Waals surface area (Å²) in [7, 11) is 0. The van der Waals surface area contributed by atoms with Gasteiger partial charge in [-0.05, 0) is 31.0 Å². The lowest BCUT2D eigenvalue weighted by atomic mass is 9.98. The molecular weight excluding hydrogens is 234 g/mol. The molecule has 0 saturated heterocycles. The molecule has 0 bridgehead atoms. The second-order valence-electron chi connectivity index (χ2n) is 4.87. The number of hydrogen-bond acceptors (Lipinski definition) is 2. The van der Waals surface area contributed by atoms with E-state index in [0.717, 1.165) is 11.3 Å². The van der Waals surface area contributed by atoms with Crippen LogP contribution in [0.2, 0.25) is 0 Å². The lowest BCUT2D eigenvalue weighted by Crippen LogP contribution is -2.02. The van der Waals surface area contributed by atoms with Gasteiger partial charge < -0.3 is 10.1 Å². The first-order valence-electron chi connectivity index (χ1n) is 6.43. The average Bonchev–Trinajstić information content (AvgIpc) is 2.84. The third-order valence-electron chi connectivity index (χ3n) is 3.51. The van der Waals surface area contributed by atoms with E-state index in [2.05, 4.69) is 47.5 Å². The number of aryl methyl sites for hydroxylation is 2. The second kappa shape index (κ2) is 4.52. The zero-order valence-electron chi connectivity index (χ0n) is 11.2. The van der Waals surface area contributed by atoms with Gasteiger partial charge in [-0.25, -0.2) is 4.98 Å². The number of pyridine rings is 1. The lowest BCUT2D eigenvalue weighted by molar-refractivity contribution is 0.904. The van der Waals surface area contributed by atoms with Crippen molar-refractivity contribution in [1.29, 1.82) is 0 Å². The van der Waals surface area contributed by atoms with E-state index >= 15 is 0 Å². The maximum atomic E-state index is 5.72. The minimum Gasteiger partial charge on any atom is -0.324 e. The molecule has 0 spiro atoms. The Hall–Kier alpha value is -2.13. The third kappa shape index (κ3) is 1.92. The SMILES string of the molecule is Cc1ccc(C)c(-c2cccn3c(CN)ncc23)c1. The molecule has 19 heavy (non-hydrogen) atoms. The molecule has 1 aromatic carbocycles. The Morgan fingerprint density at radius 2 is 2.00 bits per heavy atom. The Kier molecular flexibility index (Phi) is 2.84. The van der Waals surface area contributed by atoms with E-state index < -0.39 is 0 Å². The first kappa shape index (κ1) is 11.9. The van der Waals surface area contributed by atoms with Crippen LogP contribution in [0.5, 0.6) is 0 Å². The molecule has 2 heterocycles. The van der Waals surface area contributed by atoms with Gasteiger partial charge in [-0.3, -0.25) is 0 Å². The Bertz CT molecular complexity index is 741. The number of nitrogens with two attached hydrogens (primary N) is 1. The molecule has 3 nitrogen and oxygen atoms in total. The van der Waals surface area contributed by atoms with Gasteiger partial charge in [-0.2, -0.15) is 0 Å². The van der Waals surface area contributed by atoms with Crippen molar-refractivity contribution in [2.75, 3.05) is 0 Å². The van der Waals surface area contributed by atoms with Crippen LogP contribution < -0.4 is 5.73 Å². The molecule has 0 unspecified atom stereocenters. The van der Waals surface area contributed by atoms with Gasteiger partial charge in [0.2, 0.25) is 0 Å². The zero-order valence-corrected chi connectivity index (χ0v) is 11.2. The topological polar surface area (TPSA) is 43.3 Å². The molecule has 0 atom stereocenters. The number of fused-ring (bicyclic) bond motifs is 1. The molecule has 0 aliphatic rings. The monoisotopic (exact) mass is 251 g/mol. The van der Waals surface area contributed by atoms with E-state index in [4.69, 9.17) is 5.73 Å². The molecule has 96 valence electrons. The predicted molar refractivity (Wildman–Crippen MR) is 78.0 cm³/mol. The van der Waals surface area contributed by atoms with Gasteiger partial charge in [0.1, 0.15) is 5.82 Å². The van der Waals surface area contributed by atoms with Crippen LogP contribution in [0, 0.1) is 13.8 Å². The van der Waals surface area contributed by atoms with E-state index in [1.807, 2.05) is 18.5 Å². The van der Waals surface area contributed by atoms with Crippen LogP contribution in [0.25, 0.3) is 16.6 Å². The summed E-state index contributed by atoms with van der Waals surface area (Å²) in [4.78, 5) is 4.39. The van der Waals surface area contributed by atoms with Crippen molar-refractivity contribution in [2.24, 2.45) is 5.73 Å². The van der Waals surface area contributed by atoms with Crippen molar-refractivity contribution in [3.63, 3.8) is 0 Å². The Labute approximate surface area is 112 Å². The van der Waals surface area contributed by atoms with Crippen molar-refractivity contribution >= 4 is 5.52 Å². The molecule has 0 aliphatic heterocycles. The molecular formula is C16H17N3. The number of nitrogens with zero attached hydrogens (tertiary/aromatic N) is 2. The summed E-state index contributed by atoms with van der Waals surface area (Å²) in [6.45, 7) is 4.70. The maximum Gasteiger partial charge on any atom is 0.127 e. The fourth-order valence-electron chi connectivity index (χ4n) is 2.48. The highest BCUT2D eigenvalue weighted by Gasteiger charge is 2.09. The quantitative estimate of drug-likeness (QED) is 0.760. The van der Waals surface area contributed by atoms with E-state index in [-0.39, 0.29) is 0 Å². The van der Waals surface area contributed by atoms with Crippen LogP contribution in [0.15, 0.2) is 42.7 Å². The largest absolute Gasteiger partial charge is 0.324 e. The predicted octanol–water partition coefficient (Wildman–Crippen LogP) is 3.08. The summed E-state index contributed by atoms with van der Waals surface area (Å²) < 4.78 is 2.07. The summed E-state index contributed by atoms with van der Waals surface area (Å²) in [6.07, 6.45) is 3.92. The van der Waals surface area contributed by atoms with Crippen molar-refractivity contribution in [3.8, 4) is 11.1 Å². The number of aromatic nitrogens is 2. The Balaban J connectivity index is 2.31. The van der Waals surface area contributed by atoms with Crippen molar-refractivity contribution in [1.82, 2.24) is 9.38 Å². The summed E-state index contributed by atoms with van der Waals surface area (Å²) in [5.74, 6) is 0.891. The summed E-state index contributed by atoms with van der Waals surface area (Å²) in [6, 6.07) is 10.7. The van der Waals surface area contributed by atoms with Crippen LogP contribution in [0.4, 0.5) is 0 Å². The van der Waals surface area contributed by atoms with E-state index in [1.165, 1.54) is 22.3 Å². The van der Waals surface area contributed by atoms with Gasteiger partial charge in [0.15, 0.2) is 0 Å². The highest BCUT2D eigenvalue weighted by Crippen LogP contribution is 2.28. The van der Waals surface area contributed by atoms with E-state index in [9.17, 15) is 0 Å². The second-order valence-corrected chi connectivity index (χ2v) is 4.87. The fourth-order valence-corrected chi connectivity index (χ4v) is 2.48. The van der Waals surface area contributed by atoms with Gasteiger partial charge in [-0.15, -0.1) is 0 Å². The Morgan fingerprint density at radius 3 is 2.79 bits per heavy atom. The van der Waals surface area contributed by atoms with Gasteiger partial charge >= 0.3 is 0 Å². The fraction of sp³-hybridized carbons (Fsp3) is 0.188. The molecule has 3 aromatic rings. The molecule has 0 radical (unpaired) electrons. The van der Waals surface area contributed by atoms with Crippen molar-refractivity contribution in [3.05, 3.63) is 59.7 Å². The third-order valence-corrected chi connectivity index (χ3v) is 3.51. The number of rotatable bonds is 2. The highest BCUT2D eigenvalue weighted by molar-refractivity contribution is 5.82. The molecule has 0 aliphatic carbocycles. The lowest BCUT2D eigenvalue weighted by Gasteiger charge is -2.09. The van der Waals surface area contributed by atoms with E-state index in [1.54, 1.807) is 0 Å². The van der Waals surface area contributed by atoms with Crippen LogP contribution in [-0.2, 0) is 6.54 Å². The smallest absolute Gasteiger partial charge is 0.127 e. The molecule has 2 aromatic heterocycles. The van der Waals surface area contributed by atoms with Gasteiger partial charge in [0, 0.05) is 11.8 Å². The molecule has 3 rings (SSSR count). The number of imidazole rings is 1. The van der Waals surface area contributed by atoms with Gasteiger partial charge in [0.25, 0.3) is 0 Å². The van der Waals surface area contributed by atoms with Crippen LogP contribution in [-0.4, -0.2) is 9.38 Å². The summed E-state index contributed by atoms with van der Waals surface area (Å²) >= 11 is 0. The standard InChI is InChI=1S/C16H17N3/c1-11-5-6-12(2)14(8-11)13-4-3-7-19-15(13)10-18-16(19)9-17/h3-8,10H,9,17H2,1-2H3. The summed E-state index contributed by atoms with van der Waals surface area (Å²) in [5, 5.41) is 0. The molecule has 3 heteroatoms. The van der Waals surface area contributed by atoms with Crippen molar-refractivity contribution < 1.29 is 0 Å². The minimum atomic E-state index is 0.449. The first-order valence-corrected chi connectivity index (χ1v) is 6.43. The molecule has 0 amide bonds. The summed E-state index contributed by atoms with van der Waals surface area (Å²) in [5.41, 5.74) is 11.8. The van der Waals surface area contributed by atoms with Crippen molar-refractivity contribution in [2.45, 2.75) is 20.4 Å². The highest BCUT2D eigenvalue weighted by atomic mass is 15.0. The zero-order chi connectivity index (χ0) is 13.4. The maximum absolute atomic E-state index is 5.72. The number of hydrogen-bond donors (Lipinski definition) is 1. The van der Waals surface area contributed by atoms with Gasteiger partial charge in [0.05, 0.1) is 18.3 Å². The first-order chi connectivity index (χ1) is 9.20. The van der Waals surface area contributed by atoms with Crippen LogP contribution >= 0.6 is 0 Å². The Morgan fingerprint density at radius 1 is 1.16 bits per heavy atom.